The minimum atomic E-state index is -4.02. The van der Waals surface area contributed by atoms with Gasteiger partial charge in [0.2, 0.25) is 10.0 Å². The summed E-state index contributed by atoms with van der Waals surface area (Å²) in [7, 11) is -1.28. The van der Waals surface area contributed by atoms with Gasteiger partial charge in [0.05, 0.1) is 18.1 Å². The Bertz CT molecular complexity index is 718. The largest absolute Gasteiger partial charge is 0.497 e. The maximum atomic E-state index is 12.9. The van der Waals surface area contributed by atoms with Crippen molar-refractivity contribution in [1.82, 2.24) is 4.31 Å². The van der Waals surface area contributed by atoms with Crippen LogP contribution in [0.1, 0.15) is 33.6 Å². The lowest BCUT2D eigenvalue weighted by molar-refractivity contribution is -0.142. The summed E-state index contributed by atoms with van der Waals surface area (Å²) < 4.78 is 30.8. The van der Waals surface area contributed by atoms with Crippen molar-refractivity contribution in [2.45, 2.75) is 55.4 Å². The van der Waals surface area contributed by atoms with Crippen molar-refractivity contribution in [2.24, 2.45) is 0 Å². The minimum absolute atomic E-state index is 0.0103. The molecule has 2 N–H and O–H groups in total. The van der Waals surface area contributed by atoms with E-state index in [9.17, 15) is 23.4 Å². The van der Waals surface area contributed by atoms with Crippen LogP contribution >= 0.6 is 11.8 Å². The van der Waals surface area contributed by atoms with Gasteiger partial charge in [0.25, 0.3) is 0 Å². The Balaban J connectivity index is 3.11. The second-order valence-corrected chi connectivity index (χ2v) is 10.5. The van der Waals surface area contributed by atoms with Crippen LogP contribution < -0.4 is 4.74 Å². The maximum Gasteiger partial charge on any atom is 0.323 e. The highest BCUT2D eigenvalue weighted by Gasteiger charge is 2.44. The summed E-state index contributed by atoms with van der Waals surface area (Å²) in [6.07, 6.45) is 0.870. The zero-order valence-corrected chi connectivity index (χ0v) is 18.0. The van der Waals surface area contributed by atoms with E-state index in [2.05, 4.69) is 0 Å². The molecule has 0 saturated carbocycles. The summed E-state index contributed by atoms with van der Waals surface area (Å²) in [5.74, 6) is -0.398. The smallest absolute Gasteiger partial charge is 0.323 e. The van der Waals surface area contributed by atoms with Crippen molar-refractivity contribution in [3.8, 4) is 5.75 Å². The molecule has 0 saturated heterocycles. The van der Waals surface area contributed by atoms with E-state index in [1.807, 2.05) is 6.92 Å². The molecule has 0 aliphatic carbocycles. The van der Waals surface area contributed by atoms with E-state index in [4.69, 9.17) is 4.74 Å². The molecule has 0 fully saturated rings. The zero-order valence-electron chi connectivity index (χ0n) is 16.4. The van der Waals surface area contributed by atoms with Gasteiger partial charge in [-0.25, -0.2) is 8.42 Å². The Morgan fingerprint density at radius 2 is 1.85 bits per heavy atom. The van der Waals surface area contributed by atoms with Crippen molar-refractivity contribution in [3.05, 3.63) is 24.3 Å². The van der Waals surface area contributed by atoms with Gasteiger partial charge in [-0.15, -0.1) is 0 Å². The first-order chi connectivity index (χ1) is 12.5. The van der Waals surface area contributed by atoms with Gasteiger partial charge in [-0.2, -0.15) is 16.1 Å². The first-order valence-corrected chi connectivity index (χ1v) is 11.1. The SMILES string of the molecule is CCCC(O)CSC(C)(C)[C@H](C(=O)O)N(C)S(=O)(=O)c1ccc(OC)cc1. The molecule has 0 amide bonds. The molecule has 7 nitrogen and oxygen atoms in total. The highest BCUT2D eigenvalue weighted by molar-refractivity contribution is 8.00. The Kier molecular flexibility index (Phi) is 8.59. The van der Waals surface area contributed by atoms with E-state index in [-0.39, 0.29) is 4.90 Å². The number of benzene rings is 1. The number of nitrogens with zero attached hydrogens (tertiary/aromatic N) is 1. The second-order valence-electron chi connectivity index (χ2n) is 6.79. The molecule has 0 aromatic heterocycles. The van der Waals surface area contributed by atoms with Crippen molar-refractivity contribution in [3.63, 3.8) is 0 Å². The van der Waals surface area contributed by atoms with Crippen LogP contribution in [0.5, 0.6) is 5.75 Å². The van der Waals surface area contributed by atoms with Gasteiger partial charge in [-0.05, 0) is 44.5 Å². The van der Waals surface area contributed by atoms with Crippen LogP contribution in [0.4, 0.5) is 0 Å². The molecule has 0 radical (unpaired) electrons. The zero-order chi connectivity index (χ0) is 20.8. The van der Waals surface area contributed by atoms with Crippen LogP contribution in [-0.4, -0.2) is 65.7 Å². The summed E-state index contributed by atoms with van der Waals surface area (Å²) in [5.41, 5.74) is 0. The van der Waals surface area contributed by atoms with Gasteiger partial charge >= 0.3 is 5.97 Å². The third-order valence-corrected chi connectivity index (χ3v) is 7.62. The Morgan fingerprint density at radius 3 is 2.30 bits per heavy atom. The van der Waals surface area contributed by atoms with Gasteiger partial charge in [0.15, 0.2) is 0 Å². The lowest BCUT2D eigenvalue weighted by atomic mass is 10.0. The van der Waals surface area contributed by atoms with Crippen molar-refractivity contribution in [1.29, 1.82) is 0 Å². The molecule has 1 rings (SSSR count). The van der Waals surface area contributed by atoms with Crippen LogP contribution in [0.15, 0.2) is 29.2 Å². The average molecular weight is 420 g/mol. The summed E-state index contributed by atoms with van der Waals surface area (Å²) in [5, 5.41) is 19.7. The fraction of sp³-hybridized carbons (Fsp3) is 0.611. The van der Waals surface area contributed by atoms with Gasteiger partial charge < -0.3 is 14.9 Å². The number of methoxy groups -OCH3 is 1. The summed E-state index contributed by atoms with van der Waals surface area (Å²) in [6.45, 7) is 5.30. The molecule has 0 aliphatic rings. The van der Waals surface area contributed by atoms with E-state index in [1.54, 1.807) is 13.8 Å². The van der Waals surface area contributed by atoms with Gasteiger partial charge in [0.1, 0.15) is 11.8 Å². The molecule has 0 heterocycles. The molecule has 9 heteroatoms. The number of hydrogen-bond acceptors (Lipinski definition) is 6. The number of aliphatic carboxylic acids is 1. The predicted molar refractivity (Wildman–Crippen MR) is 107 cm³/mol. The van der Waals surface area contributed by atoms with Crippen LogP contribution in [0, 0.1) is 0 Å². The van der Waals surface area contributed by atoms with E-state index in [0.29, 0.717) is 17.9 Å². The van der Waals surface area contributed by atoms with Crippen LogP contribution in [0.2, 0.25) is 0 Å². The normalized spacial score (nSPS) is 14.8. The molecule has 2 atom stereocenters. The van der Waals surface area contributed by atoms with Crippen LogP contribution in [0.25, 0.3) is 0 Å². The van der Waals surface area contributed by atoms with E-state index < -0.39 is 32.9 Å². The number of ether oxygens (including phenoxy) is 1. The number of thioether (sulfide) groups is 1. The van der Waals surface area contributed by atoms with E-state index in [1.165, 1.54) is 50.2 Å². The second kappa shape index (κ2) is 9.77. The number of aliphatic hydroxyl groups excluding tert-OH is 1. The quantitative estimate of drug-likeness (QED) is 0.568. The number of carbonyl (C=O) groups is 1. The fourth-order valence-electron chi connectivity index (χ4n) is 2.75. The average Bonchev–Trinajstić information content (AvgIpc) is 2.60. The molecule has 0 aliphatic heterocycles. The number of likely N-dealkylation sites (N-methyl/N-ethyl adjacent to an activating group) is 1. The summed E-state index contributed by atoms with van der Waals surface area (Å²) in [6, 6.07) is 4.49. The number of carboxylic acid groups (broad SMARTS) is 1. The Labute approximate surface area is 165 Å². The number of carboxylic acids is 1. The first-order valence-electron chi connectivity index (χ1n) is 8.64. The molecule has 1 unspecified atom stereocenters. The van der Waals surface area contributed by atoms with Crippen molar-refractivity contribution < 1.29 is 28.2 Å². The lowest BCUT2D eigenvalue weighted by Crippen LogP contribution is -2.53. The number of aliphatic hydroxyl groups is 1. The summed E-state index contributed by atoms with van der Waals surface area (Å²) >= 11 is 1.25. The molecule has 1 aromatic carbocycles. The number of rotatable bonds is 11. The third-order valence-electron chi connectivity index (χ3n) is 4.26. The third kappa shape index (κ3) is 6.10. The van der Waals surface area contributed by atoms with Crippen molar-refractivity contribution >= 4 is 27.8 Å². The molecule has 0 bridgehead atoms. The van der Waals surface area contributed by atoms with Gasteiger partial charge in [-0.3, -0.25) is 4.79 Å². The van der Waals surface area contributed by atoms with E-state index >= 15 is 0 Å². The highest BCUT2D eigenvalue weighted by Crippen LogP contribution is 2.34. The predicted octanol–water partition coefficient (Wildman–Crippen LogP) is 2.44. The molecular formula is C18H29NO6S2. The fourth-order valence-corrected chi connectivity index (χ4v) is 5.47. The Morgan fingerprint density at radius 1 is 1.30 bits per heavy atom. The number of hydrogen-bond donors (Lipinski definition) is 2. The summed E-state index contributed by atoms with van der Waals surface area (Å²) in [4.78, 5) is 11.9. The molecular weight excluding hydrogens is 390 g/mol. The van der Waals surface area contributed by atoms with Crippen molar-refractivity contribution in [2.75, 3.05) is 19.9 Å². The molecule has 154 valence electrons. The van der Waals surface area contributed by atoms with Gasteiger partial charge in [-0.1, -0.05) is 13.3 Å². The number of sulfonamides is 1. The standard InChI is InChI=1S/C18H29NO6S2/c1-6-7-13(20)12-26-18(2,3)16(17(21)22)19(4)27(23,24)15-10-8-14(25-5)9-11-15/h8-11,13,16,20H,6-7,12H2,1-5H3,(H,21,22)/t13?,16-/m0/s1. The van der Waals surface area contributed by atoms with Gasteiger partial charge in [0, 0.05) is 17.5 Å². The molecule has 27 heavy (non-hydrogen) atoms. The molecule has 0 spiro atoms. The topological polar surface area (TPSA) is 104 Å². The van der Waals surface area contributed by atoms with Crippen LogP contribution in [-0.2, 0) is 14.8 Å². The van der Waals surface area contributed by atoms with E-state index in [0.717, 1.165) is 10.7 Å². The Hall–Kier alpha value is -1.29. The monoisotopic (exact) mass is 419 g/mol. The first kappa shape index (κ1) is 23.7. The molecule has 1 aromatic rings. The minimum Gasteiger partial charge on any atom is -0.497 e. The lowest BCUT2D eigenvalue weighted by Gasteiger charge is -2.36. The maximum absolute atomic E-state index is 12.9. The van der Waals surface area contributed by atoms with Crippen LogP contribution in [0.3, 0.4) is 0 Å². The highest BCUT2D eigenvalue weighted by atomic mass is 32.2.